The molecule has 1 atom stereocenters. The van der Waals surface area contributed by atoms with Crippen molar-refractivity contribution in [1.29, 1.82) is 0 Å². The average molecular weight is 241 g/mol. The Labute approximate surface area is 103 Å². The zero-order chi connectivity index (χ0) is 12.3. The van der Waals surface area contributed by atoms with Gasteiger partial charge in [-0.05, 0) is 19.3 Å². The molecule has 1 saturated carbocycles. The number of likely N-dealkylation sites (N-methyl/N-ethyl adjacent to an activating group) is 1. The number of nitrogens with zero attached hydrogens (tertiary/aromatic N) is 1. The fourth-order valence-electron chi connectivity index (χ4n) is 2.84. The first kappa shape index (κ1) is 12.6. The largest absolute Gasteiger partial charge is 0.379 e. The summed E-state index contributed by atoms with van der Waals surface area (Å²) in [5, 5.41) is 3.02. The molecule has 3 N–H and O–H groups in total. The molecule has 0 bridgehead atoms. The SMILES string of the molecule is CN(C(=O)NC1CCOC1)C1(CN)CCCC1. The molecule has 0 aromatic carbocycles. The molecule has 5 heteroatoms. The van der Waals surface area contributed by atoms with E-state index in [2.05, 4.69) is 5.32 Å². The third-order valence-corrected chi connectivity index (χ3v) is 4.19. The predicted molar refractivity (Wildman–Crippen MR) is 65.8 cm³/mol. The molecule has 1 heterocycles. The number of carbonyl (C=O) groups excluding carboxylic acids is 1. The van der Waals surface area contributed by atoms with E-state index >= 15 is 0 Å². The number of hydrogen-bond acceptors (Lipinski definition) is 3. The first-order valence-electron chi connectivity index (χ1n) is 6.50. The molecule has 2 amide bonds. The maximum atomic E-state index is 12.2. The Bertz CT molecular complexity index is 271. The average Bonchev–Trinajstić information content (AvgIpc) is 2.99. The fourth-order valence-corrected chi connectivity index (χ4v) is 2.84. The summed E-state index contributed by atoms with van der Waals surface area (Å²) in [4.78, 5) is 14.0. The molecule has 2 aliphatic rings. The van der Waals surface area contributed by atoms with Crippen molar-refractivity contribution < 1.29 is 9.53 Å². The van der Waals surface area contributed by atoms with Gasteiger partial charge >= 0.3 is 6.03 Å². The van der Waals surface area contributed by atoms with Gasteiger partial charge in [0.15, 0.2) is 0 Å². The van der Waals surface area contributed by atoms with Crippen LogP contribution in [0.2, 0.25) is 0 Å². The van der Waals surface area contributed by atoms with Gasteiger partial charge in [-0.3, -0.25) is 0 Å². The van der Waals surface area contributed by atoms with Gasteiger partial charge in [0, 0.05) is 20.2 Å². The molecule has 0 aromatic heterocycles. The molecule has 0 spiro atoms. The van der Waals surface area contributed by atoms with Gasteiger partial charge < -0.3 is 20.7 Å². The van der Waals surface area contributed by atoms with Crippen LogP contribution in [0.1, 0.15) is 32.1 Å². The predicted octanol–water partition coefficient (Wildman–Crippen LogP) is 0.688. The monoisotopic (exact) mass is 241 g/mol. The maximum absolute atomic E-state index is 12.2. The Hall–Kier alpha value is -0.810. The summed E-state index contributed by atoms with van der Waals surface area (Å²) in [5.41, 5.74) is 5.75. The summed E-state index contributed by atoms with van der Waals surface area (Å²) in [6.45, 7) is 1.93. The molecule has 1 aliphatic heterocycles. The third kappa shape index (κ3) is 2.55. The van der Waals surface area contributed by atoms with Gasteiger partial charge in [0.05, 0.1) is 18.2 Å². The zero-order valence-corrected chi connectivity index (χ0v) is 10.6. The van der Waals surface area contributed by atoms with Crippen LogP contribution in [0.15, 0.2) is 0 Å². The number of ether oxygens (including phenoxy) is 1. The Morgan fingerprint density at radius 2 is 2.24 bits per heavy atom. The van der Waals surface area contributed by atoms with Crippen molar-refractivity contribution in [2.24, 2.45) is 5.73 Å². The number of rotatable bonds is 3. The Kier molecular flexibility index (Phi) is 3.89. The van der Waals surface area contributed by atoms with Crippen LogP contribution in [0.25, 0.3) is 0 Å². The lowest BCUT2D eigenvalue weighted by Crippen LogP contribution is -2.57. The van der Waals surface area contributed by atoms with E-state index in [1.807, 2.05) is 11.9 Å². The zero-order valence-electron chi connectivity index (χ0n) is 10.6. The van der Waals surface area contributed by atoms with Gasteiger partial charge in [-0.1, -0.05) is 12.8 Å². The molecular formula is C12H23N3O2. The summed E-state index contributed by atoms with van der Waals surface area (Å²) < 4.78 is 5.26. The van der Waals surface area contributed by atoms with Crippen molar-refractivity contribution >= 4 is 6.03 Å². The molecule has 0 radical (unpaired) electrons. The standard InChI is InChI=1S/C12H23N3O2/c1-15(12(9-13)5-2-3-6-12)11(16)14-10-4-7-17-8-10/h10H,2-9,13H2,1H3,(H,14,16). The van der Waals surface area contributed by atoms with Crippen molar-refractivity contribution in [3.63, 3.8) is 0 Å². The Morgan fingerprint density at radius 1 is 1.53 bits per heavy atom. The van der Waals surface area contributed by atoms with Crippen molar-refractivity contribution in [3.8, 4) is 0 Å². The van der Waals surface area contributed by atoms with Crippen molar-refractivity contribution in [1.82, 2.24) is 10.2 Å². The van der Waals surface area contributed by atoms with Crippen LogP contribution in [0.4, 0.5) is 4.79 Å². The third-order valence-electron chi connectivity index (χ3n) is 4.19. The fraction of sp³-hybridized carbons (Fsp3) is 0.917. The molecular weight excluding hydrogens is 218 g/mol. The van der Waals surface area contributed by atoms with Gasteiger partial charge in [0.25, 0.3) is 0 Å². The highest BCUT2D eigenvalue weighted by Gasteiger charge is 2.39. The van der Waals surface area contributed by atoms with Crippen molar-refractivity contribution in [3.05, 3.63) is 0 Å². The molecule has 98 valence electrons. The molecule has 5 nitrogen and oxygen atoms in total. The lowest BCUT2D eigenvalue weighted by atomic mass is 9.96. The van der Waals surface area contributed by atoms with Crippen molar-refractivity contribution in [2.45, 2.75) is 43.7 Å². The van der Waals surface area contributed by atoms with E-state index in [0.717, 1.165) is 25.9 Å². The summed E-state index contributed by atoms with van der Waals surface area (Å²) in [5.74, 6) is 0. The summed E-state index contributed by atoms with van der Waals surface area (Å²) >= 11 is 0. The second kappa shape index (κ2) is 5.23. The lowest BCUT2D eigenvalue weighted by molar-refractivity contribution is 0.136. The van der Waals surface area contributed by atoms with E-state index in [4.69, 9.17) is 10.5 Å². The van der Waals surface area contributed by atoms with E-state index in [-0.39, 0.29) is 17.6 Å². The number of carbonyl (C=O) groups is 1. The minimum Gasteiger partial charge on any atom is -0.379 e. The number of amides is 2. The molecule has 17 heavy (non-hydrogen) atoms. The first-order chi connectivity index (χ1) is 8.18. The first-order valence-corrected chi connectivity index (χ1v) is 6.50. The molecule has 1 aliphatic carbocycles. The summed E-state index contributed by atoms with van der Waals surface area (Å²) in [6.07, 6.45) is 5.29. The molecule has 1 saturated heterocycles. The van der Waals surface area contributed by atoms with Gasteiger partial charge in [0.2, 0.25) is 0 Å². The minimum absolute atomic E-state index is 0.00662. The lowest BCUT2D eigenvalue weighted by Gasteiger charge is -2.38. The molecule has 1 unspecified atom stereocenters. The number of hydrogen-bond donors (Lipinski definition) is 2. The second-order valence-corrected chi connectivity index (χ2v) is 5.20. The van der Waals surface area contributed by atoms with Crippen LogP contribution in [-0.4, -0.2) is 49.3 Å². The smallest absolute Gasteiger partial charge is 0.317 e. The minimum atomic E-state index is -0.121. The van der Waals surface area contributed by atoms with Crippen molar-refractivity contribution in [2.75, 3.05) is 26.8 Å². The van der Waals surface area contributed by atoms with Crippen LogP contribution in [0.5, 0.6) is 0 Å². The highest BCUT2D eigenvalue weighted by molar-refractivity contribution is 5.75. The number of nitrogens with one attached hydrogen (secondary N) is 1. The second-order valence-electron chi connectivity index (χ2n) is 5.20. The van der Waals surface area contributed by atoms with Gasteiger partial charge in [-0.2, -0.15) is 0 Å². The van der Waals surface area contributed by atoms with E-state index in [1.165, 1.54) is 12.8 Å². The normalized spacial score (nSPS) is 27.1. The van der Waals surface area contributed by atoms with Gasteiger partial charge in [0.1, 0.15) is 0 Å². The molecule has 0 aromatic rings. The van der Waals surface area contributed by atoms with Crippen LogP contribution in [0, 0.1) is 0 Å². The van der Waals surface area contributed by atoms with Gasteiger partial charge in [-0.25, -0.2) is 4.79 Å². The Balaban J connectivity index is 1.92. The van der Waals surface area contributed by atoms with Crippen LogP contribution in [-0.2, 0) is 4.74 Å². The highest BCUT2D eigenvalue weighted by Crippen LogP contribution is 2.33. The summed E-state index contributed by atoms with van der Waals surface area (Å²) in [6, 6.07) is 0.161. The maximum Gasteiger partial charge on any atom is 0.317 e. The number of nitrogens with two attached hydrogens (primary N) is 1. The van der Waals surface area contributed by atoms with E-state index < -0.39 is 0 Å². The van der Waals surface area contributed by atoms with Gasteiger partial charge in [-0.15, -0.1) is 0 Å². The van der Waals surface area contributed by atoms with E-state index in [0.29, 0.717) is 13.2 Å². The quantitative estimate of drug-likeness (QED) is 0.764. The number of urea groups is 1. The van der Waals surface area contributed by atoms with Crippen LogP contribution >= 0.6 is 0 Å². The van der Waals surface area contributed by atoms with E-state index in [1.54, 1.807) is 0 Å². The topological polar surface area (TPSA) is 67.6 Å². The Morgan fingerprint density at radius 3 is 2.76 bits per heavy atom. The van der Waals surface area contributed by atoms with E-state index in [9.17, 15) is 4.79 Å². The van der Waals surface area contributed by atoms with Crippen LogP contribution < -0.4 is 11.1 Å². The molecule has 2 fully saturated rings. The summed E-state index contributed by atoms with van der Waals surface area (Å²) in [7, 11) is 1.86. The van der Waals surface area contributed by atoms with Crippen LogP contribution in [0.3, 0.4) is 0 Å². The highest BCUT2D eigenvalue weighted by atomic mass is 16.5. The molecule has 2 rings (SSSR count).